The zero-order chi connectivity index (χ0) is 20.0. The van der Waals surface area contributed by atoms with E-state index in [-0.39, 0.29) is 24.9 Å². The number of carbonyl (C=O) groups excluding carboxylic acids is 1. The quantitative estimate of drug-likeness (QED) is 0.454. The largest absolute Gasteiger partial charge is 0.490 e. The number of carbonyl (C=O) groups is 1. The fraction of sp³-hybridized carbons (Fsp3) is 0.333. The number of aryl methyl sites for hydroxylation is 1. The zero-order valence-corrected chi connectivity index (χ0v) is 16.8. The van der Waals surface area contributed by atoms with Crippen molar-refractivity contribution >= 4 is 28.1 Å². The van der Waals surface area contributed by atoms with Crippen LogP contribution in [0, 0.1) is 6.92 Å². The highest BCUT2D eigenvalue weighted by Gasteiger charge is 2.09. The third-order valence-electron chi connectivity index (χ3n) is 3.58. The van der Waals surface area contributed by atoms with Crippen molar-refractivity contribution in [1.82, 2.24) is 15.4 Å². The summed E-state index contributed by atoms with van der Waals surface area (Å²) in [5.41, 5.74) is 2.98. The van der Waals surface area contributed by atoms with Gasteiger partial charge in [0.1, 0.15) is 5.75 Å². The third-order valence-corrected chi connectivity index (χ3v) is 4.20. The average Bonchev–Trinajstić information content (AvgIpc) is 2.56. The van der Waals surface area contributed by atoms with Crippen molar-refractivity contribution in [2.45, 2.75) is 39.7 Å². The molecule has 1 amide bonds. The number of nitrogens with one attached hydrogen (secondary N) is 3. The molecule has 0 unspecified atom stereocenters. The fourth-order valence-electron chi connectivity index (χ4n) is 2.35. The van der Waals surface area contributed by atoms with E-state index in [0.717, 1.165) is 15.8 Å². The van der Waals surface area contributed by atoms with Gasteiger partial charge in [0.05, 0.1) is 16.8 Å². The number of hydrazone groups is 1. The summed E-state index contributed by atoms with van der Waals surface area (Å²) in [5, 5.41) is 3.91. The number of rotatable bonds is 7. The molecule has 0 aliphatic rings. The van der Waals surface area contributed by atoms with E-state index in [1.165, 1.54) is 6.21 Å². The predicted molar refractivity (Wildman–Crippen MR) is 106 cm³/mol. The van der Waals surface area contributed by atoms with Crippen LogP contribution in [-0.2, 0) is 11.2 Å². The molecule has 2 rings (SSSR count). The second-order valence-corrected chi connectivity index (χ2v) is 7.02. The van der Waals surface area contributed by atoms with Gasteiger partial charge in [-0.3, -0.25) is 14.6 Å². The number of benzene rings is 1. The molecule has 0 aliphatic carbocycles. The Morgan fingerprint density at radius 3 is 2.70 bits per heavy atom. The van der Waals surface area contributed by atoms with Gasteiger partial charge in [0.25, 0.3) is 5.56 Å². The number of hydrogen-bond acceptors (Lipinski definition) is 5. The van der Waals surface area contributed by atoms with Gasteiger partial charge >= 0.3 is 5.69 Å². The van der Waals surface area contributed by atoms with Crippen LogP contribution < -0.4 is 21.4 Å². The van der Waals surface area contributed by atoms with Crippen LogP contribution in [0.1, 0.15) is 37.1 Å². The van der Waals surface area contributed by atoms with Gasteiger partial charge in [0, 0.05) is 17.7 Å². The standard InChI is InChI=1S/C18H21BrN4O4/c1-10(2)27-15-6-4-12(8-14(15)19)9-20-23-16(24)7-5-13-11(3)21-18(26)22-17(13)25/h4,6,8-10H,5,7H2,1-3H3,(H,23,24)(H2,21,22,25,26)/b20-9+. The Balaban J connectivity index is 1.91. The first kappa shape index (κ1) is 20.6. The number of nitrogens with zero attached hydrogens (tertiary/aromatic N) is 1. The van der Waals surface area contributed by atoms with Crippen LogP contribution >= 0.6 is 15.9 Å². The summed E-state index contributed by atoms with van der Waals surface area (Å²) in [6, 6.07) is 5.47. The molecular formula is C18H21BrN4O4. The molecule has 0 bridgehead atoms. The molecule has 1 aromatic carbocycles. The van der Waals surface area contributed by atoms with Crippen molar-refractivity contribution in [2.24, 2.45) is 5.10 Å². The van der Waals surface area contributed by atoms with Gasteiger partial charge in [0.2, 0.25) is 5.91 Å². The van der Waals surface area contributed by atoms with E-state index in [1.54, 1.807) is 6.92 Å². The van der Waals surface area contributed by atoms with E-state index in [1.807, 2.05) is 32.0 Å². The summed E-state index contributed by atoms with van der Waals surface area (Å²) in [7, 11) is 0. The molecule has 2 aromatic rings. The Kier molecular flexibility index (Phi) is 7.12. The molecule has 27 heavy (non-hydrogen) atoms. The third kappa shape index (κ3) is 6.21. The number of ether oxygens (including phenoxy) is 1. The van der Waals surface area contributed by atoms with Gasteiger partial charge in [-0.1, -0.05) is 0 Å². The Hall–Kier alpha value is -2.68. The zero-order valence-electron chi connectivity index (χ0n) is 15.3. The average molecular weight is 437 g/mol. The van der Waals surface area contributed by atoms with Gasteiger partial charge < -0.3 is 9.72 Å². The predicted octanol–water partition coefficient (Wildman–Crippen LogP) is 2.00. The molecule has 0 atom stereocenters. The van der Waals surface area contributed by atoms with Crippen molar-refractivity contribution < 1.29 is 9.53 Å². The summed E-state index contributed by atoms with van der Waals surface area (Å²) in [4.78, 5) is 39.5. The molecular weight excluding hydrogens is 416 g/mol. The minimum atomic E-state index is -0.564. The molecule has 3 N–H and O–H groups in total. The van der Waals surface area contributed by atoms with E-state index in [4.69, 9.17) is 4.74 Å². The van der Waals surface area contributed by atoms with Gasteiger partial charge in [-0.2, -0.15) is 5.10 Å². The monoisotopic (exact) mass is 436 g/mol. The number of amides is 1. The summed E-state index contributed by atoms with van der Waals surface area (Å²) in [6.07, 6.45) is 1.85. The van der Waals surface area contributed by atoms with Gasteiger partial charge in [0.15, 0.2) is 0 Å². The summed E-state index contributed by atoms with van der Waals surface area (Å²) >= 11 is 3.43. The lowest BCUT2D eigenvalue weighted by Gasteiger charge is -2.11. The van der Waals surface area contributed by atoms with Crippen molar-refractivity contribution in [1.29, 1.82) is 0 Å². The molecule has 0 aliphatic heterocycles. The van der Waals surface area contributed by atoms with Crippen LogP contribution in [0.5, 0.6) is 5.75 Å². The van der Waals surface area contributed by atoms with E-state index in [2.05, 4.69) is 36.4 Å². The molecule has 0 saturated heterocycles. The highest BCUT2D eigenvalue weighted by Crippen LogP contribution is 2.26. The van der Waals surface area contributed by atoms with E-state index in [0.29, 0.717) is 11.3 Å². The molecule has 144 valence electrons. The maximum atomic E-state index is 11.9. The number of aromatic nitrogens is 2. The normalized spacial score (nSPS) is 11.1. The second kappa shape index (κ2) is 9.31. The van der Waals surface area contributed by atoms with Crippen molar-refractivity contribution in [3.63, 3.8) is 0 Å². The van der Waals surface area contributed by atoms with Crippen LogP contribution in [0.3, 0.4) is 0 Å². The molecule has 1 aromatic heterocycles. The maximum Gasteiger partial charge on any atom is 0.325 e. The Morgan fingerprint density at radius 2 is 2.07 bits per heavy atom. The summed E-state index contributed by atoms with van der Waals surface area (Å²) in [6.45, 7) is 5.51. The SMILES string of the molecule is Cc1[nH]c(=O)[nH]c(=O)c1CCC(=O)N/N=C/c1ccc(OC(C)C)c(Br)c1. The molecule has 8 nitrogen and oxygen atoms in total. The molecule has 9 heteroatoms. The van der Waals surface area contributed by atoms with Crippen LogP contribution in [0.4, 0.5) is 0 Å². The Morgan fingerprint density at radius 1 is 1.33 bits per heavy atom. The summed E-state index contributed by atoms with van der Waals surface area (Å²) < 4.78 is 6.42. The molecule has 0 radical (unpaired) electrons. The minimum absolute atomic E-state index is 0.0676. The van der Waals surface area contributed by atoms with Gasteiger partial charge in [-0.05, 0) is 66.9 Å². The minimum Gasteiger partial charge on any atom is -0.490 e. The number of halogens is 1. The van der Waals surface area contributed by atoms with Crippen molar-refractivity contribution in [3.8, 4) is 5.75 Å². The Bertz CT molecular complexity index is 963. The van der Waals surface area contributed by atoms with E-state index in [9.17, 15) is 14.4 Å². The number of H-pyrrole nitrogens is 2. The lowest BCUT2D eigenvalue weighted by molar-refractivity contribution is -0.121. The lowest BCUT2D eigenvalue weighted by Crippen LogP contribution is -2.28. The van der Waals surface area contributed by atoms with Crippen LogP contribution in [0.2, 0.25) is 0 Å². The Labute approximate surface area is 164 Å². The highest BCUT2D eigenvalue weighted by molar-refractivity contribution is 9.10. The van der Waals surface area contributed by atoms with Crippen LogP contribution in [0.25, 0.3) is 0 Å². The molecule has 0 saturated carbocycles. The maximum absolute atomic E-state index is 11.9. The lowest BCUT2D eigenvalue weighted by atomic mass is 10.1. The number of aromatic amines is 2. The number of hydrogen-bond donors (Lipinski definition) is 3. The van der Waals surface area contributed by atoms with Crippen LogP contribution in [0.15, 0.2) is 37.4 Å². The first-order valence-corrected chi connectivity index (χ1v) is 9.15. The van der Waals surface area contributed by atoms with Gasteiger partial charge in [-0.15, -0.1) is 0 Å². The second-order valence-electron chi connectivity index (χ2n) is 6.16. The first-order chi connectivity index (χ1) is 12.8. The molecule has 0 spiro atoms. The first-order valence-electron chi connectivity index (χ1n) is 8.36. The molecule has 0 fully saturated rings. The van der Waals surface area contributed by atoms with Gasteiger partial charge in [-0.25, -0.2) is 10.2 Å². The van der Waals surface area contributed by atoms with E-state index >= 15 is 0 Å². The van der Waals surface area contributed by atoms with Crippen molar-refractivity contribution in [3.05, 3.63) is 60.3 Å². The highest BCUT2D eigenvalue weighted by atomic mass is 79.9. The van der Waals surface area contributed by atoms with Crippen LogP contribution in [-0.4, -0.2) is 28.2 Å². The topological polar surface area (TPSA) is 116 Å². The molecule has 1 heterocycles. The summed E-state index contributed by atoms with van der Waals surface area (Å²) in [5.74, 6) is 0.391. The smallest absolute Gasteiger partial charge is 0.325 e. The fourth-order valence-corrected chi connectivity index (χ4v) is 2.84. The van der Waals surface area contributed by atoms with E-state index < -0.39 is 11.2 Å². The van der Waals surface area contributed by atoms with Crippen molar-refractivity contribution in [2.75, 3.05) is 0 Å².